The van der Waals surface area contributed by atoms with E-state index in [0.29, 0.717) is 0 Å². The Labute approximate surface area is 45.2 Å². The van der Waals surface area contributed by atoms with Gasteiger partial charge < -0.3 is 4.55 Å². The Hall–Kier alpha value is 0.0700. The molecule has 0 bridgehead atoms. The van der Waals surface area contributed by atoms with Crippen molar-refractivity contribution in [2.24, 2.45) is 0 Å². The van der Waals surface area contributed by atoms with E-state index in [-0.39, 0.29) is 6.10 Å². The summed E-state index contributed by atoms with van der Waals surface area (Å²) in [6.07, 6.45) is -0.238. The van der Waals surface area contributed by atoms with Crippen molar-refractivity contribution >= 4 is 11.4 Å². The van der Waals surface area contributed by atoms with E-state index in [0.717, 1.165) is 0 Å². The summed E-state index contributed by atoms with van der Waals surface area (Å²) in [5, 5.41) is 0. The molecule has 0 N–H and O–H groups in total. The fourth-order valence-corrected chi connectivity index (χ4v) is 0.471. The van der Waals surface area contributed by atoms with Gasteiger partial charge in [-0.25, -0.2) is 4.21 Å². The van der Waals surface area contributed by atoms with Gasteiger partial charge in [0, 0.05) is 0 Å². The average molecular weight is 123 g/mol. The molecular weight excluding hydrogens is 116 g/mol. The summed E-state index contributed by atoms with van der Waals surface area (Å²) in [6, 6.07) is 0. The largest absolute Gasteiger partial charge is 0.750 e. The minimum absolute atomic E-state index is 0.238. The third-order valence-electron chi connectivity index (χ3n) is 0.271. The summed E-state index contributed by atoms with van der Waals surface area (Å²) in [5.41, 5.74) is 0. The van der Waals surface area contributed by atoms with Crippen LogP contribution in [-0.4, -0.2) is 14.9 Å². The Morgan fingerprint density at radius 1 is 1.71 bits per heavy atom. The van der Waals surface area contributed by atoms with Gasteiger partial charge in [0.05, 0.1) is 17.5 Å². The fourth-order valence-electron chi connectivity index (χ4n) is 0.157. The van der Waals surface area contributed by atoms with E-state index in [2.05, 4.69) is 4.18 Å². The van der Waals surface area contributed by atoms with E-state index in [4.69, 9.17) is 0 Å². The van der Waals surface area contributed by atoms with Gasteiger partial charge >= 0.3 is 0 Å². The van der Waals surface area contributed by atoms with Gasteiger partial charge in [-0.3, -0.25) is 4.18 Å². The second-order valence-corrected chi connectivity index (χ2v) is 1.95. The molecule has 3 nitrogen and oxygen atoms in total. The number of hydrogen-bond acceptors (Lipinski definition) is 3. The fraction of sp³-hybridized carbons (Fsp3) is 1.00. The summed E-state index contributed by atoms with van der Waals surface area (Å²) in [6.45, 7) is 3.30. The highest BCUT2D eigenvalue weighted by Crippen LogP contribution is 1.87. The zero-order valence-electron chi connectivity index (χ0n) is 4.21. The summed E-state index contributed by atoms with van der Waals surface area (Å²) in [5.74, 6) is 0. The summed E-state index contributed by atoms with van der Waals surface area (Å²) >= 11 is -2.35. The van der Waals surface area contributed by atoms with Crippen molar-refractivity contribution in [3.63, 3.8) is 0 Å². The molecule has 0 fully saturated rings. The first-order valence-corrected chi connectivity index (χ1v) is 2.89. The molecule has 0 saturated heterocycles. The van der Waals surface area contributed by atoms with Crippen LogP contribution in [0, 0.1) is 0 Å². The molecule has 0 spiro atoms. The van der Waals surface area contributed by atoms with Crippen LogP contribution in [0.1, 0.15) is 13.8 Å². The van der Waals surface area contributed by atoms with Crippen LogP contribution in [0.25, 0.3) is 0 Å². The van der Waals surface area contributed by atoms with Gasteiger partial charge in [-0.15, -0.1) is 0 Å². The molecule has 0 aliphatic carbocycles. The van der Waals surface area contributed by atoms with Crippen molar-refractivity contribution in [2.75, 3.05) is 0 Å². The van der Waals surface area contributed by atoms with Crippen molar-refractivity contribution in [2.45, 2.75) is 20.0 Å². The molecule has 1 unspecified atom stereocenters. The molecule has 0 amide bonds. The highest BCUT2D eigenvalue weighted by Gasteiger charge is 1.88. The molecule has 0 aliphatic heterocycles. The van der Waals surface area contributed by atoms with Gasteiger partial charge in [0.25, 0.3) is 0 Å². The van der Waals surface area contributed by atoms with Gasteiger partial charge in [0.2, 0.25) is 0 Å². The van der Waals surface area contributed by atoms with Crippen LogP contribution in [0.4, 0.5) is 0 Å². The summed E-state index contributed by atoms with van der Waals surface area (Å²) in [4.78, 5) is 0. The lowest BCUT2D eigenvalue weighted by molar-refractivity contribution is 0.237. The Morgan fingerprint density at radius 2 is 2.14 bits per heavy atom. The first-order chi connectivity index (χ1) is 3.13. The third kappa shape index (κ3) is 6.07. The molecule has 0 rings (SSSR count). The lowest BCUT2D eigenvalue weighted by atomic mass is 10.5. The zero-order valence-corrected chi connectivity index (χ0v) is 5.03. The van der Waals surface area contributed by atoms with Gasteiger partial charge in [-0.05, 0) is 13.8 Å². The maximum absolute atomic E-state index is 9.59. The first kappa shape index (κ1) is 7.07. The van der Waals surface area contributed by atoms with E-state index in [1.54, 1.807) is 13.8 Å². The molecule has 0 radical (unpaired) electrons. The molecule has 0 heterocycles. The van der Waals surface area contributed by atoms with Crippen LogP contribution in [0.3, 0.4) is 0 Å². The average Bonchev–Trinajstić information content (AvgIpc) is 1.27. The highest BCUT2D eigenvalue weighted by molar-refractivity contribution is 7.74. The third-order valence-corrected chi connectivity index (χ3v) is 0.813. The summed E-state index contributed by atoms with van der Waals surface area (Å²) in [7, 11) is 0. The molecule has 0 aromatic carbocycles. The van der Waals surface area contributed by atoms with Crippen LogP contribution in [0.5, 0.6) is 0 Å². The molecule has 0 aliphatic rings. The second-order valence-electron chi connectivity index (χ2n) is 1.35. The van der Waals surface area contributed by atoms with E-state index in [9.17, 15) is 8.76 Å². The monoisotopic (exact) mass is 123 g/mol. The molecule has 7 heavy (non-hydrogen) atoms. The van der Waals surface area contributed by atoms with Gasteiger partial charge in [-0.2, -0.15) is 0 Å². The van der Waals surface area contributed by atoms with Crippen molar-refractivity contribution < 1.29 is 12.9 Å². The molecule has 0 aromatic heterocycles. The molecule has 44 valence electrons. The Bertz CT molecular complexity index is 70.6. The van der Waals surface area contributed by atoms with Gasteiger partial charge in [0.1, 0.15) is 0 Å². The van der Waals surface area contributed by atoms with E-state index in [1.165, 1.54) is 0 Å². The van der Waals surface area contributed by atoms with Crippen LogP contribution in [-0.2, 0) is 15.5 Å². The van der Waals surface area contributed by atoms with E-state index >= 15 is 0 Å². The lowest BCUT2D eigenvalue weighted by Crippen LogP contribution is -2.03. The Kier molecular flexibility index (Phi) is 3.15. The quantitative estimate of drug-likeness (QED) is 0.493. The van der Waals surface area contributed by atoms with E-state index < -0.39 is 11.4 Å². The van der Waals surface area contributed by atoms with Gasteiger partial charge in [0.15, 0.2) is 0 Å². The van der Waals surface area contributed by atoms with Crippen molar-refractivity contribution in [1.29, 1.82) is 0 Å². The maximum Gasteiger partial charge on any atom is 0.0844 e. The zero-order chi connectivity index (χ0) is 5.86. The molecule has 0 aromatic rings. The first-order valence-electron chi connectivity index (χ1n) is 1.89. The van der Waals surface area contributed by atoms with Crippen molar-refractivity contribution in [1.82, 2.24) is 0 Å². The maximum atomic E-state index is 9.59. The minimum Gasteiger partial charge on any atom is -0.750 e. The lowest BCUT2D eigenvalue weighted by Gasteiger charge is -2.06. The highest BCUT2D eigenvalue weighted by atomic mass is 32.2. The second kappa shape index (κ2) is 3.12. The van der Waals surface area contributed by atoms with Crippen LogP contribution < -0.4 is 0 Å². The van der Waals surface area contributed by atoms with E-state index in [1.807, 2.05) is 0 Å². The van der Waals surface area contributed by atoms with Crippen LogP contribution in [0.15, 0.2) is 0 Å². The summed E-state index contributed by atoms with van der Waals surface area (Å²) < 4.78 is 23.3. The van der Waals surface area contributed by atoms with Crippen LogP contribution >= 0.6 is 0 Å². The predicted octanol–water partition coefficient (Wildman–Crippen LogP) is 0.206. The molecule has 0 saturated carbocycles. The topological polar surface area (TPSA) is 49.4 Å². The number of hydrogen-bond donors (Lipinski definition) is 0. The predicted molar refractivity (Wildman–Crippen MR) is 25.1 cm³/mol. The standard InChI is InChI=1S/C3H8O3S/c1-3(2)6-7(4)5/h3H,1-2H3,(H,4,5)/p-1. The molecular formula is C3H7O3S-. The normalized spacial score (nSPS) is 14.9. The van der Waals surface area contributed by atoms with Gasteiger partial charge in [-0.1, -0.05) is 0 Å². The minimum atomic E-state index is -2.35. The molecule has 4 heteroatoms. The SMILES string of the molecule is CC(C)OS(=O)[O-]. The van der Waals surface area contributed by atoms with Crippen molar-refractivity contribution in [3.05, 3.63) is 0 Å². The molecule has 1 atom stereocenters. The Morgan fingerprint density at radius 3 is 2.14 bits per heavy atom. The smallest absolute Gasteiger partial charge is 0.0844 e. The van der Waals surface area contributed by atoms with Crippen molar-refractivity contribution in [3.8, 4) is 0 Å². The Balaban J connectivity index is 3.13. The number of rotatable bonds is 2. The van der Waals surface area contributed by atoms with Crippen LogP contribution in [0.2, 0.25) is 0 Å².